The number of carbonyl (C=O) groups excluding carboxylic acids is 2. The highest BCUT2D eigenvalue weighted by atomic mass is 32.1. The number of fused-ring (bicyclic) bond motifs is 2. The number of nitrogens with one attached hydrogen (secondary N) is 1. The van der Waals surface area contributed by atoms with Crippen molar-refractivity contribution in [2.45, 2.75) is 26.7 Å². The fourth-order valence-electron chi connectivity index (χ4n) is 3.79. The lowest BCUT2D eigenvalue weighted by atomic mass is 10.1. The first-order valence-corrected chi connectivity index (χ1v) is 11.1. The van der Waals surface area contributed by atoms with Gasteiger partial charge in [-0.25, -0.2) is 14.5 Å². The highest BCUT2D eigenvalue weighted by Gasteiger charge is 2.18. The lowest BCUT2D eigenvalue weighted by Crippen LogP contribution is -2.15. The van der Waals surface area contributed by atoms with Gasteiger partial charge in [0.15, 0.2) is 22.3 Å². The normalized spacial score (nSPS) is 12.3. The molecule has 10 nitrogen and oxygen atoms in total. The Kier molecular flexibility index (Phi) is 5.17. The topological polar surface area (TPSA) is 134 Å². The van der Waals surface area contributed by atoms with Gasteiger partial charge >= 0.3 is 0 Å². The maximum absolute atomic E-state index is 12.6. The van der Waals surface area contributed by atoms with Crippen LogP contribution in [0.5, 0.6) is 11.5 Å². The Labute approximate surface area is 192 Å². The van der Waals surface area contributed by atoms with Gasteiger partial charge in [-0.2, -0.15) is 5.10 Å². The molecule has 168 valence electrons. The van der Waals surface area contributed by atoms with E-state index in [4.69, 9.17) is 15.2 Å². The van der Waals surface area contributed by atoms with Crippen molar-refractivity contribution in [3.8, 4) is 22.8 Å². The number of aryl methyl sites for hydroxylation is 2. The van der Waals surface area contributed by atoms with Crippen molar-refractivity contribution >= 4 is 33.9 Å². The molecule has 0 saturated carbocycles. The number of nitrogens with zero attached hydrogens (tertiary/aromatic N) is 4. The Hall–Kier alpha value is -3.99. The van der Waals surface area contributed by atoms with Crippen LogP contribution < -0.4 is 20.5 Å². The van der Waals surface area contributed by atoms with Gasteiger partial charge in [-0.15, -0.1) is 11.3 Å². The molecule has 3 N–H and O–H groups in total. The molecule has 0 spiro atoms. The lowest BCUT2D eigenvalue weighted by molar-refractivity contribution is -0.116. The van der Waals surface area contributed by atoms with Gasteiger partial charge in [0, 0.05) is 28.8 Å². The number of amides is 2. The van der Waals surface area contributed by atoms with Gasteiger partial charge < -0.3 is 20.5 Å². The molecular weight excluding hydrogens is 444 g/mol. The number of benzene rings is 1. The standard InChI is InChI=1S/C22H20N6O4S/c1-11-14(12(2)28-21(25-11)15(8-24-28)20(23)30)4-6-19(29)27-22-26-16(9-33-22)13-3-5-17-18(7-13)32-10-31-17/h3,5,7-9H,4,6,10H2,1-2H3,(H2,23,30)(H,26,27,29). The zero-order valence-electron chi connectivity index (χ0n) is 17.9. The van der Waals surface area contributed by atoms with Gasteiger partial charge in [-0.05, 0) is 44.0 Å². The average Bonchev–Trinajstić information content (AvgIpc) is 3.52. The molecule has 1 aliphatic heterocycles. The van der Waals surface area contributed by atoms with E-state index in [-0.39, 0.29) is 24.7 Å². The third-order valence-electron chi connectivity index (χ3n) is 5.50. The fraction of sp³-hybridized carbons (Fsp3) is 0.227. The minimum atomic E-state index is -0.577. The molecule has 0 fully saturated rings. The predicted molar refractivity (Wildman–Crippen MR) is 122 cm³/mol. The van der Waals surface area contributed by atoms with E-state index >= 15 is 0 Å². The molecule has 0 atom stereocenters. The minimum Gasteiger partial charge on any atom is -0.454 e. The number of thiazole rings is 1. The molecule has 0 unspecified atom stereocenters. The van der Waals surface area contributed by atoms with Gasteiger partial charge in [0.25, 0.3) is 5.91 Å². The molecule has 2 amide bonds. The van der Waals surface area contributed by atoms with E-state index in [1.54, 1.807) is 4.52 Å². The van der Waals surface area contributed by atoms with E-state index < -0.39 is 5.91 Å². The highest BCUT2D eigenvalue weighted by Crippen LogP contribution is 2.36. The Balaban J connectivity index is 1.27. The summed E-state index contributed by atoms with van der Waals surface area (Å²) in [4.78, 5) is 33.1. The first kappa shape index (κ1) is 20.9. The first-order chi connectivity index (χ1) is 15.9. The molecule has 33 heavy (non-hydrogen) atoms. The molecular formula is C22H20N6O4S. The third kappa shape index (κ3) is 3.87. The van der Waals surface area contributed by atoms with Crippen molar-refractivity contribution in [3.05, 3.63) is 52.3 Å². The molecule has 5 rings (SSSR count). The largest absolute Gasteiger partial charge is 0.454 e. The summed E-state index contributed by atoms with van der Waals surface area (Å²) in [5.41, 5.74) is 10.2. The molecule has 4 aromatic rings. The second-order valence-corrected chi connectivity index (χ2v) is 8.43. The van der Waals surface area contributed by atoms with Crippen LogP contribution in [0.2, 0.25) is 0 Å². The number of nitrogens with two attached hydrogens (primary N) is 1. The van der Waals surface area contributed by atoms with Crippen LogP contribution in [-0.2, 0) is 11.2 Å². The van der Waals surface area contributed by atoms with Gasteiger partial charge in [0.2, 0.25) is 12.7 Å². The van der Waals surface area contributed by atoms with E-state index in [1.807, 2.05) is 37.4 Å². The number of ether oxygens (including phenoxy) is 2. The Morgan fingerprint density at radius 3 is 2.85 bits per heavy atom. The molecule has 11 heteroatoms. The SMILES string of the molecule is Cc1nc2c(C(N)=O)cnn2c(C)c1CCC(=O)Nc1nc(-c2ccc3c(c2)OCO3)cs1. The zero-order valence-corrected chi connectivity index (χ0v) is 18.7. The summed E-state index contributed by atoms with van der Waals surface area (Å²) < 4.78 is 12.3. The molecule has 4 heterocycles. The maximum Gasteiger partial charge on any atom is 0.254 e. The number of carbonyl (C=O) groups is 2. The molecule has 0 bridgehead atoms. The minimum absolute atomic E-state index is 0.154. The molecule has 1 aromatic carbocycles. The monoisotopic (exact) mass is 464 g/mol. The van der Waals surface area contributed by atoms with Crippen molar-refractivity contribution in [1.82, 2.24) is 19.6 Å². The highest BCUT2D eigenvalue weighted by molar-refractivity contribution is 7.14. The van der Waals surface area contributed by atoms with E-state index in [1.165, 1.54) is 17.5 Å². The van der Waals surface area contributed by atoms with Crippen LogP contribution >= 0.6 is 11.3 Å². The quantitative estimate of drug-likeness (QED) is 0.448. The van der Waals surface area contributed by atoms with E-state index in [2.05, 4.69) is 20.4 Å². The molecule has 0 radical (unpaired) electrons. The third-order valence-corrected chi connectivity index (χ3v) is 6.25. The first-order valence-electron chi connectivity index (χ1n) is 10.2. The summed E-state index contributed by atoms with van der Waals surface area (Å²) in [5, 5.41) is 9.48. The van der Waals surface area contributed by atoms with E-state index in [0.29, 0.717) is 28.7 Å². The maximum atomic E-state index is 12.6. The zero-order chi connectivity index (χ0) is 23.1. The summed E-state index contributed by atoms with van der Waals surface area (Å²) in [7, 11) is 0. The second kappa shape index (κ2) is 8.17. The summed E-state index contributed by atoms with van der Waals surface area (Å²) >= 11 is 1.36. The smallest absolute Gasteiger partial charge is 0.254 e. The van der Waals surface area contributed by atoms with Crippen LogP contribution in [0.25, 0.3) is 16.9 Å². The van der Waals surface area contributed by atoms with Gasteiger partial charge in [-0.3, -0.25) is 9.59 Å². The van der Waals surface area contributed by atoms with Gasteiger partial charge in [-0.1, -0.05) is 0 Å². The summed E-state index contributed by atoms with van der Waals surface area (Å²) in [6.45, 7) is 3.94. The average molecular weight is 465 g/mol. The number of hydrogen-bond donors (Lipinski definition) is 2. The second-order valence-electron chi connectivity index (χ2n) is 7.57. The van der Waals surface area contributed by atoms with Crippen LogP contribution in [0.1, 0.15) is 33.7 Å². The van der Waals surface area contributed by atoms with Crippen molar-refractivity contribution in [3.63, 3.8) is 0 Å². The van der Waals surface area contributed by atoms with E-state index in [9.17, 15) is 9.59 Å². The van der Waals surface area contributed by atoms with Crippen LogP contribution in [0, 0.1) is 13.8 Å². The summed E-state index contributed by atoms with van der Waals surface area (Å²) in [6.07, 6.45) is 2.13. The predicted octanol–water partition coefficient (Wildman–Crippen LogP) is 2.87. The van der Waals surface area contributed by atoms with Crippen LogP contribution in [0.4, 0.5) is 5.13 Å². The number of hydrogen-bond acceptors (Lipinski definition) is 8. The number of anilines is 1. The fourth-order valence-corrected chi connectivity index (χ4v) is 4.52. The molecule has 3 aromatic heterocycles. The van der Waals surface area contributed by atoms with Crippen molar-refractivity contribution in [1.29, 1.82) is 0 Å². The van der Waals surface area contributed by atoms with Gasteiger partial charge in [0.1, 0.15) is 5.56 Å². The number of primary amides is 1. The van der Waals surface area contributed by atoms with Crippen molar-refractivity contribution in [2.75, 3.05) is 12.1 Å². The van der Waals surface area contributed by atoms with E-state index in [0.717, 1.165) is 28.2 Å². The number of rotatable bonds is 6. The van der Waals surface area contributed by atoms with Crippen molar-refractivity contribution < 1.29 is 19.1 Å². The molecule has 1 aliphatic rings. The van der Waals surface area contributed by atoms with Crippen molar-refractivity contribution in [2.24, 2.45) is 5.73 Å². The molecule has 0 saturated heterocycles. The lowest BCUT2D eigenvalue weighted by Gasteiger charge is -2.11. The summed E-state index contributed by atoms with van der Waals surface area (Å²) in [6, 6.07) is 5.62. The van der Waals surface area contributed by atoms with Crippen LogP contribution in [-0.4, -0.2) is 38.2 Å². The van der Waals surface area contributed by atoms with Gasteiger partial charge in [0.05, 0.1) is 11.9 Å². The van der Waals surface area contributed by atoms with Crippen LogP contribution in [0.15, 0.2) is 29.8 Å². The number of aromatic nitrogens is 4. The summed E-state index contributed by atoms with van der Waals surface area (Å²) in [5.74, 6) is 0.662. The Morgan fingerprint density at radius 1 is 1.21 bits per heavy atom. The molecule has 0 aliphatic carbocycles. The Morgan fingerprint density at radius 2 is 2.03 bits per heavy atom. The van der Waals surface area contributed by atoms with Crippen LogP contribution in [0.3, 0.4) is 0 Å². The Bertz CT molecular complexity index is 1410.